The Morgan fingerprint density at radius 1 is 1.44 bits per heavy atom. The van der Waals surface area contributed by atoms with E-state index in [0.29, 0.717) is 0 Å². The Morgan fingerprint density at radius 3 is 2.81 bits per heavy atom. The number of carbonyl (C=O) groups is 1. The normalized spacial score (nSPS) is 25.4. The van der Waals surface area contributed by atoms with Crippen molar-refractivity contribution >= 4 is 17.5 Å². The molecular formula is C11H15ClN2O2. The van der Waals surface area contributed by atoms with Crippen LogP contribution in [-0.4, -0.2) is 18.0 Å². The highest BCUT2D eigenvalue weighted by Gasteiger charge is 2.24. The molecule has 1 saturated carbocycles. The van der Waals surface area contributed by atoms with Gasteiger partial charge < -0.3 is 15.5 Å². The van der Waals surface area contributed by atoms with E-state index in [-0.39, 0.29) is 29.0 Å². The zero-order valence-electron chi connectivity index (χ0n) is 8.91. The molecule has 2 rings (SSSR count). The summed E-state index contributed by atoms with van der Waals surface area (Å²) in [4.78, 5) is 11.8. The molecule has 0 bridgehead atoms. The maximum absolute atomic E-state index is 11.8. The van der Waals surface area contributed by atoms with Crippen molar-refractivity contribution in [2.45, 2.75) is 37.8 Å². The van der Waals surface area contributed by atoms with Crippen molar-refractivity contribution in [3.8, 4) is 0 Å². The number of rotatable bonds is 2. The summed E-state index contributed by atoms with van der Waals surface area (Å²) < 4.78 is 5.03. The fourth-order valence-corrected chi connectivity index (χ4v) is 2.16. The Morgan fingerprint density at radius 2 is 2.19 bits per heavy atom. The van der Waals surface area contributed by atoms with Crippen molar-refractivity contribution in [2.24, 2.45) is 5.73 Å². The minimum absolute atomic E-state index is 0.0446. The maximum atomic E-state index is 11.8. The molecule has 3 N–H and O–H groups in total. The van der Waals surface area contributed by atoms with E-state index in [1.165, 1.54) is 0 Å². The third kappa shape index (κ3) is 2.57. The Hall–Kier alpha value is -1.00. The summed E-state index contributed by atoms with van der Waals surface area (Å²) in [7, 11) is 0. The highest BCUT2D eigenvalue weighted by molar-refractivity contribution is 6.29. The number of nitrogens with one attached hydrogen (secondary N) is 1. The average Bonchev–Trinajstić information content (AvgIpc) is 2.68. The van der Waals surface area contributed by atoms with E-state index in [0.717, 1.165) is 25.7 Å². The van der Waals surface area contributed by atoms with Gasteiger partial charge in [-0.05, 0) is 36.6 Å². The second kappa shape index (κ2) is 4.89. The van der Waals surface area contributed by atoms with Crippen LogP contribution in [0.1, 0.15) is 36.2 Å². The van der Waals surface area contributed by atoms with Gasteiger partial charge in [-0.2, -0.15) is 0 Å². The summed E-state index contributed by atoms with van der Waals surface area (Å²) in [6.45, 7) is 0. The lowest BCUT2D eigenvalue weighted by atomic mass is 9.91. The van der Waals surface area contributed by atoms with E-state index in [9.17, 15) is 4.79 Å². The Kier molecular flexibility index (Phi) is 3.51. The first kappa shape index (κ1) is 11.5. The van der Waals surface area contributed by atoms with Crippen LogP contribution in [0.3, 0.4) is 0 Å². The van der Waals surface area contributed by atoms with Gasteiger partial charge in [0.1, 0.15) is 0 Å². The van der Waals surface area contributed by atoms with Gasteiger partial charge in [-0.15, -0.1) is 0 Å². The molecule has 2 atom stereocenters. The van der Waals surface area contributed by atoms with Gasteiger partial charge in [0, 0.05) is 12.1 Å². The summed E-state index contributed by atoms with van der Waals surface area (Å²) in [6, 6.07) is 3.21. The second-order valence-corrected chi connectivity index (χ2v) is 4.50. The van der Waals surface area contributed by atoms with Crippen LogP contribution in [0.5, 0.6) is 0 Å². The maximum Gasteiger partial charge on any atom is 0.287 e. The molecule has 1 amide bonds. The van der Waals surface area contributed by atoms with Crippen LogP contribution >= 0.6 is 11.6 Å². The third-order valence-electron chi connectivity index (χ3n) is 2.93. The van der Waals surface area contributed by atoms with Crippen molar-refractivity contribution in [3.63, 3.8) is 0 Å². The predicted molar refractivity (Wildman–Crippen MR) is 61.4 cm³/mol. The highest BCUT2D eigenvalue weighted by atomic mass is 35.5. The average molecular weight is 243 g/mol. The monoisotopic (exact) mass is 242 g/mol. The van der Waals surface area contributed by atoms with Crippen LogP contribution in [-0.2, 0) is 0 Å². The Labute approximate surface area is 99.1 Å². The van der Waals surface area contributed by atoms with E-state index >= 15 is 0 Å². The zero-order chi connectivity index (χ0) is 11.5. The van der Waals surface area contributed by atoms with Gasteiger partial charge in [-0.3, -0.25) is 4.79 Å². The molecule has 0 aliphatic heterocycles. The van der Waals surface area contributed by atoms with E-state index in [2.05, 4.69) is 5.32 Å². The molecule has 1 aliphatic carbocycles. The van der Waals surface area contributed by atoms with E-state index in [4.69, 9.17) is 21.8 Å². The number of nitrogens with two attached hydrogens (primary N) is 1. The van der Waals surface area contributed by atoms with Gasteiger partial charge in [0.05, 0.1) is 0 Å². The number of carbonyl (C=O) groups excluding carboxylic acids is 1. The molecule has 0 unspecified atom stereocenters. The largest absolute Gasteiger partial charge is 0.440 e. The van der Waals surface area contributed by atoms with Gasteiger partial charge >= 0.3 is 0 Å². The lowest BCUT2D eigenvalue weighted by Gasteiger charge is -2.28. The number of furan rings is 1. The van der Waals surface area contributed by atoms with E-state index in [1.54, 1.807) is 12.1 Å². The van der Waals surface area contributed by atoms with Crippen LogP contribution in [0.4, 0.5) is 0 Å². The molecule has 1 aliphatic rings. The molecule has 0 spiro atoms. The molecule has 0 radical (unpaired) electrons. The van der Waals surface area contributed by atoms with Crippen LogP contribution in [0.25, 0.3) is 0 Å². The molecule has 1 aromatic rings. The first-order chi connectivity index (χ1) is 7.66. The summed E-state index contributed by atoms with van der Waals surface area (Å²) in [6.07, 6.45) is 4.14. The molecule has 0 aromatic carbocycles. The van der Waals surface area contributed by atoms with Crippen LogP contribution < -0.4 is 11.1 Å². The minimum Gasteiger partial charge on any atom is -0.440 e. The third-order valence-corrected chi connectivity index (χ3v) is 3.14. The van der Waals surface area contributed by atoms with Gasteiger partial charge in [0.25, 0.3) is 5.91 Å². The smallest absolute Gasteiger partial charge is 0.287 e. The Bertz CT molecular complexity index is 378. The van der Waals surface area contributed by atoms with Crippen molar-refractivity contribution in [1.82, 2.24) is 5.32 Å². The topological polar surface area (TPSA) is 68.3 Å². The van der Waals surface area contributed by atoms with Crippen molar-refractivity contribution in [1.29, 1.82) is 0 Å². The molecule has 5 heteroatoms. The number of amides is 1. The standard InChI is InChI=1S/C11H15ClN2O2/c12-10-6-5-9(16-10)11(15)14-8-4-2-1-3-7(8)13/h5-8H,1-4,13H2,(H,14,15)/t7-,8-/m1/s1. The number of halogens is 1. The van der Waals surface area contributed by atoms with Crippen LogP contribution in [0.15, 0.2) is 16.5 Å². The lowest BCUT2D eigenvalue weighted by molar-refractivity contribution is 0.0893. The van der Waals surface area contributed by atoms with Gasteiger partial charge in [-0.25, -0.2) is 0 Å². The van der Waals surface area contributed by atoms with Gasteiger partial charge in [0.2, 0.25) is 0 Å². The molecule has 0 saturated heterocycles. The van der Waals surface area contributed by atoms with Crippen LogP contribution in [0, 0.1) is 0 Å². The molecular weight excluding hydrogens is 228 g/mol. The first-order valence-corrected chi connectivity index (χ1v) is 5.86. The van der Waals surface area contributed by atoms with Gasteiger partial charge in [-0.1, -0.05) is 12.8 Å². The predicted octanol–water partition coefficient (Wildman–Crippen LogP) is 1.93. The van der Waals surface area contributed by atoms with Gasteiger partial charge in [0.15, 0.2) is 11.0 Å². The van der Waals surface area contributed by atoms with Crippen LogP contribution in [0.2, 0.25) is 5.22 Å². The molecule has 4 nitrogen and oxygen atoms in total. The van der Waals surface area contributed by atoms with Crippen molar-refractivity contribution in [3.05, 3.63) is 23.1 Å². The summed E-state index contributed by atoms with van der Waals surface area (Å²) in [5.41, 5.74) is 5.94. The zero-order valence-corrected chi connectivity index (χ0v) is 9.67. The fourth-order valence-electron chi connectivity index (χ4n) is 2.01. The SMILES string of the molecule is N[C@@H]1CCCC[C@H]1NC(=O)c1ccc(Cl)o1. The minimum atomic E-state index is -0.241. The van der Waals surface area contributed by atoms with Crippen molar-refractivity contribution < 1.29 is 9.21 Å². The molecule has 88 valence electrons. The summed E-state index contributed by atoms with van der Waals surface area (Å²) in [5, 5.41) is 3.10. The Balaban J connectivity index is 1.96. The number of hydrogen-bond donors (Lipinski definition) is 2. The number of hydrogen-bond acceptors (Lipinski definition) is 3. The highest BCUT2D eigenvalue weighted by Crippen LogP contribution is 2.18. The van der Waals surface area contributed by atoms with Crippen molar-refractivity contribution in [2.75, 3.05) is 0 Å². The van der Waals surface area contributed by atoms with E-state index in [1.807, 2.05) is 0 Å². The summed E-state index contributed by atoms with van der Waals surface area (Å²) >= 11 is 5.60. The molecule has 1 heterocycles. The molecule has 1 aromatic heterocycles. The van der Waals surface area contributed by atoms with E-state index < -0.39 is 0 Å². The fraction of sp³-hybridized carbons (Fsp3) is 0.545. The lowest BCUT2D eigenvalue weighted by Crippen LogP contribution is -2.49. The second-order valence-electron chi connectivity index (χ2n) is 4.13. The first-order valence-electron chi connectivity index (χ1n) is 5.48. The summed E-state index contributed by atoms with van der Waals surface area (Å²) in [5.74, 6) is -0.00276. The molecule has 16 heavy (non-hydrogen) atoms. The molecule has 1 fully saturated rings. The quantitative estimate of drug-likeness (QED) is 0.833.